The van der Waals surface area contributed by atoms with E-state index in [1.165, 1.54) is 31.4 Å². The van der Waals surface area contributed by atoms with Crippen molar-refractivity contribution in [1.29, 1.82) is 0 Å². The number of fused-ring (bicyclic) bond motifs is 1. The standard InChI is InChI=1S/C11H16N2OS/c14-11-9-5-6-15-7-10(9)13(12-11)8-3-1-2-4-8/h8H,1-7H2,(H,12,14). The second-order valence-electron chi connectivity index (χ2n) is 4.48. The van der Waals surface area contributed by atoms with Crippen LogP contribution in [0.1, 0.15) is 43.0 Å². The molecule has 2 aliphatic rings. The maximum atomic E-state index is 11.8. The molecule has 3 rings (SSSR count). The van der Waals surface area contributed by atoms with Gasteiger partial charge in [-0.2, -0.15) is 11.8 Å². The van der Waals surface area contributed by atoms with Gasteiger partial charge in [0.1, 0.15) is 0 Å². The van der Waals surface area contributed by atoms with Gasteiger partial charge in [-0.25, -0.2) is 0 Å². The molecule has 1 fully saturated rings. The second kappa shape index (κ2) is 3.74. The molecule has 0 bridgehead atoms. The number of nitrogens with one attached hydrogen (secondary N) is 1. The fourth-order valence-corrected chi connectivity index (χ4v) is 3.75. The number of thioether (sulfide) groups is 1. The summed E-state index contributed by atoms with van der Waals surface area (Å²) in [6, 6.07) is 0.570. The molecule has 1 aliphatic heterocycles. The van der Waals surface area contributed by atoms with Gasteiger partial charge in [-0.05, 0) is 25.0 Å². The van der Waals surface area contributed by atoms with Crippen molar-refractivity contribution in [1.82, 2.24) is 9.78 Å². The van der Waals surface area contributed by atoms with E-state index >= 15 is 0 Å². The van der Waals surface area contributed by atoms with Gasteiger partial charge in [0.2, 0.25) is 0 Å². The lowest BCUT2D eigenvalue weighted by Crippen LogP contribution is -2.12. The van der Waals surface area contributed by atoms with Crippen LogP contribution in [-0.2, 0) is 12.2 Å². The highest BCUT2D eigenvalue weighted by Crippen LogP contribution is 2.32. The van der Waals surface area contributed by atoms with Crippen molar-refractivity contribution in [2.45, 2.75) is 43.9 Å². The molecule has 0 amide bonds. The molecule has 3 nitrogen and oxygen atoms in total. The molecule has 1 saturated carbocycles. The summed E-state index contributed by atoms with van der Waals surface area (Å²) in [5, 5.41) is 3.04. The summed E-state index contributed by atoms with van der Waals surface area (Å²) in [4.78, 5) is 11.8. The van der Waals surface area contributed by atoms with Gasteiger partial charge in [-0.15, -0.1) is 0 Å². The molecular formula is C11H16N2OS. The fourth-order valence-electron chi connectivity index (χ4n) is 2.75. The third kappa shape index (κ3) is 1.55. The second-order valence-corrected chi connectivity index (χ2v) is 5.58. The molecule has 1 aliphatic carbocycles. The van der Waals surface area contributed by atoms with E-state index in [-0.39, 0.29) is 5.56 Å². The highest BCUT2D eigenvalue weighted by Gasteiger charge is 2.24. The molecular weight excluding hydrogens is 208 g/mol. The monoisotopic (exact) mass is 224 g/mol. The van der Waals surface area contributed by atoms with Gasteiger partial charge in [-0.1, -0.05) is 12.8 Å². The molecule has 1 N–H and O–H groups in total. The van der Waals surface area contributed by atoms with Crippen molar-refractivity contribution in [2.75, 3.05) is 5.75 Å². The average molecular weight is 224 g/mol. The van der Waals surface area contributed by atoms with E-state index in [9.17, 15) is 4.79 Å². The van der Waals surface area contributed by atoms with E-state index < -0.39 is 0 Å². The van der Waals surface area contributed by atoms with Crippen molar-refractivity contribution in [3.8, 4) is 0 Å². The normalized spacial score (nSPS) is 21.9. The van der Waals surface area contributed by atoms with Crippen LogP contribution in [0, 0.1) is 0 Å². The predicted octanol–water partition coefficient (Wildman–Crippen LogP) is 2.08. The lowest BCUT2D eigenvalue weighted by Gasteiger charge is -2.18. The average Bonchev–Trinajstić information content (AvgIpc) is 2.87. The largest absolute Gasteiger partial charge is 0.285 e. The molecule has 0 unspecified atom stereocenters. The third-order valence-corrected chi connectivity index (χ3v) is 4.53. The van der Waals surface area contributed by atoms with Gasteiger partial charge in [0.25, 0.3) is 5.56 Å². The summed E-state index contributed by atoms with van der Waals surface area (Å²) in [6.07, 6.45) is 6.05. The van der Waals surface area contributed by atoms with E-state index in [0.717, 1.165) is 23.5 Å². The van der Waals surface area contributed by atoms with Crippen molar-refractivity contribution >= 4 is 11.8 Å². The zero-order chi connectivity index (χ0) is 10.3. The first-order valence-electron chi connectivity index (χ1n) is 5.76. The van der Waals surface area contributed by atoms with Crippen molar-refractivity contribution in [3.63, 3.8) is 0 Å². The summed E-state index contributed by atoms with van der Waals surface area (Å²) in [7, 11) is 0. The first-order chi connectivity index (χ1) is 7.36. The van der Waals surface area contributed by atoms with Crippen molar-refractivity contribution in [2.24, 2.45) is 0 Å². The Labute approximate surface area is 93.2 Å². The summed E-state index contributed by atoms with van der Waals surface area (Å²) in [6.45, 7) is 0. The molecule has 15 heavy (non-hydrogen) atoms. The van der Waals surface area contributed by atoms with E-state index in [1.54, 1.807) is 0 Å². The number of hydrogen-bond donors (Lipinski definition) is 1. The maximum Gasteiger partial charge on any atom is 0.267 e. The fraction of sp³-hybridized carbons (Fsp3) is 0.727. The molecule has 1 aromatic rings. The van der Waals surface area contributed by atoms with Gasteiger partial charge in [0.15, 0.2) is 0 Å². The smallest absolute Gasteiger partial charge is 0.267 e. The Kier molecular flexibility index (Phi) is 2.39. The first kappa shape index (κ1) is 9.58. The Balaban J connectivity index is 2.03. The predicted molar refractivity (Wildman–Crippen MR) is 62.4 cm³/mol. The van der Waals surface area contributed by atoms with E-state index in [1.807, 2.05) is 11.8 Å². The molecule has 4 heteroatoms. The van der Waals surface area contributed by atoms with E-state index in [2.05, 4.69) is 9.78 Å². The molecule has 1 aromatic heterocycles. The van der Waals surface area contributed by atoms with Crippen molar-refractivity contribution in [3.05, 3.63) is 21.6 Å². The van der Waals surface area contributed by atoms with Gasteiger partial charge in [-0.3, -0.25) is 14.6 Å². The number of nitrogens with zero attached hydrogens (tertiary/aromatic N) is 1. The topological polar surface area (TPSA) is 37.8 Å². The molecule has 0 radical (unpaired) electrons. The molecule has 82 valence electrons. The number of aromatic amines is 1. The Morgan fingerprint density at radius 3 is 2.93 bits per heavy atom. The van der Waals surface area contributed by atoms with Crippen LogP contribution in [0.5, 0.6) is 0 Å². The Hall–Kier alpha value is -0.640. The minimum atomic E-state index is 0.164. The zero-order valence-corrected chi connectivity index (χ0v) is 9.61. The lowest BCUT2D eigenvalue weighted by molar-refractivity contribution is 0.452. The molecule has 0 atom stereocenters. The SMILES string of the molecule is O=c1[nH]n(C2CCCC2)c2c1CCSC2. The zero-order valence-electron chi connectivity index (χ0n) is 8.79. The van der Waals surface area contributed by atoms with Crippen LogP contribution in [0.15, 0.2) is 4.79 Å². The van der Waals surface area contributed by atoms with Crippen molar-refractivity contribution < 1.29 is 0 Å². The number of aromatic nitrogens is 2. The third-order valence-electron chi connectivity index (χ3n) is 3.56. The molecule has 0 aromatic carbocycles. The van der Waals surface area contributed by atoms with E-state index in [0.29, 0.717) is 6.04 Å². The number of hydrogen-bond acceptors (Lipinski definition) is 2. The van der Waals surface area contributed by atoms with Gasteiger partial charge >= 0.3 is 0 Å². The van der Waals surface area contributed by atoms with Crippen LogP contribution in [0.2, 0.25) is 0 Å². The Bertz CT molecular complexity index is 415. The lowest BCUT2D eigenvalue weighted by atomic mass is 10.2. The van der Waals surface area contributed by atoms with Gasteiger partial charge in [0.05, 0.1) is 11.7 Å². The van der Waals surface area contributed by atoms with Crippen LogP contribution in [0.3, 0.4) is 0 Å². The minimum Gasteiger partial charge on any atom is -0.285 e. The first-order valence-corrected chi connectivity index (χ1v) is 6.92. The van der Waals surface area contributed by atoms with E-state index in [4.69, 9.17) is 0 Å². The Morgan fingerprint density at radius 1 is 1.33 bits per heavy atom. The minimum absolute atomic E-state index is 0.164. The highest BCUT2D eigenvalue weighted by molar-refractivity contribution is 7.98. The number of H-pyrrole nitrogens is 1. The molecule has 0 saturated heterocycles. The van der Waals surface area contributed by atoms with Crippen LogP contribution >= 0.6 is 11.8 Å². The quantitative estimate of drug-likeness (QED) is 0.793. The van der Waals surface area contributed by atoms with Crippen LogP contribution < -0.4 is 5.56 Å². The summed E-state index contributed by atoms with van der Waals surface area (Å²) < 4.78 is 2.18. The summed E-state index contributed by atoms with van der Waals surface area (Å²) in [5.41, 5.74) is 2.50. The van der Waals surface area contributed by atoms with Gasteiger partial charge in [0, 0.05) is 11.3 Å². The van der Waals surface area contributed by atoms with Crippen LogP contribution in [0.4, 0.5) is 0 Å². The number of rotatable bonds is 1. The van der Waals surface area contributed by atoms with Crippen LogP contribution in [0.25, 0.3) is 0 Å². The Morgan fingerprint density at radius 2 is 2.13 bits per heavy atom. The maximum absolute atomic E-state index is 11.8. The highest BCUT2D eigenvalue weighted by atomic mass is 32.2. The summed E-state index contributed by atoms with van der Waals surface area (Å²) >= 11 is 1.94. The van der Waals surface area contributed by atoms with Gasteiger partial charge < -0.3 is 0 Å². The molecule has 0 spiro atoms. The molecule has 2 heterocycles. The van der Waals surface area contributed by atoms with Crippen LogP contribution in [-0.4, -0.2) is 15.5 Å². The summed E-state index contributed by atoms with van der Waals surface area (Å²) in [5.74, 6) is 2.12.